The number of carbonyl (C=O) groups is 1. The molecule has 2 rings (SSSR count). The summed E-state index contributed by atoms with van der Waals surface area (Å²) in [5, 5.41) is 2.86. The summed E-state index contributed by atoms with van der Waals surface area (Å²) in [5.41, 5.74) is 8.72. The predicted octanol–water partition coefficient (Wildman–Crippen LogP) is 3.81. The van der Waals surface area contributed by atoms with Gasteiger partial charge in [-0.2, -0.15) is 0 Å². The number of hydrogen-bond acceptors (Lipinski definition) is 3. The summed E-state index contributed by atoms with van der Waals surface area (Å²) in [7, 11) is 0. The number of nitrogens with zero attached hydrogens (tertiary/aromatic N) is 1. The van der Waals surface area contributed by atoms with Crippen molar-refractivity contribution in [2.45, 2.75) is 52.1 Å². The van der Waals surface area contributed by atoms with Crippen molar-refractivity contribution < 1.29 is 4.79 Å². The van der Waals surface area contributed by atoms with Crippen LogP contribution in [0.4, 0.5) is 11.4 Å². The number of nitrogens with one attached hydrogen (secondary N) is 1. The third-order valence-corrected chi connectivity index (χ3v) is 4.56. The minimum Gasteiger partial charge on any atom is -0.368 e. The Kier molecular flexibility index (Phi) is 5.27. The molecule has 0 aliphatic carbocycles. The van der Waals surface area contributed by atoms with E-state index in [1.165, 1.54) is 19.3 Å². The standard InChI is InChI=1S/C16H24BrN3O/c1-4-5-6-7-20(10(2)3)14-9-13-11(8-12(14)17)15(18)16(21)19-13/h8-10,15H,4-7,18H2,1-3H3,(H,19,21). The lowest BCUT2D eigenvalue weighted by molar-refractivity contribution is -0.116. The van der Waals surface area contributed by atoms with E-state index in [4.69, 9.17) is 5.73 Å². The van der Waals surface area contributed by atoms with Gasteiger partial charge in [-0.05, 0) is 48.3 Å². The first-order valence-corrected chi connectivity index (χ1v) is 8.41. The van der Waals surface area contributed by atoms with Crippen molar-refractivity contribution in [3.63, 3.8) is 0 Å². The molecule has 0 spiro atoms. The van der Waals surface area contributed by atoms with Gasteiger partial charge in [0.2, 0.25) is 5.91 Å². The van der Waals surface area contributed by atoms with Gasteiger partial charge < -0.3 is 16.0 Å². The number of halogens is 1. The first kappa shape index (κ1) is 16.3. The number of hydrogen-bond donors (Lipinski definition) is 2. The SMILES string of the molecule is CCCCCN(c1cc2c(cc1Br)C(N)C(=O)N2)C(C)C. The molecule has 1 aromatic carbocycles. The van der Waals surface area contributed by atoms with E-state index in [1.807, 2.05) is 12.1 Å². The largest absolute Gasteiger partial charge is 0.368 e. The van der Waals surface area contributed by atoms with Gasteiger partial charge in [0, 0.05) is 28.3 Å². The Bertz CT molecular complexity index is 530. The molecule has 0 radical (unpaired) electrons. The maximum Gasteiger partial charge on any atom is 0.245 e. The zero-order valence-electron chi connectivity index (χ0n) is 12.9. The van der Waals surface area contributed by atoms with Gasteiger partial charge in [-0.15, -0.1) is 0 Å². The van der Waals surface area contributed by atoms with E-state index in [1.54, 1.807) is 0 Å². The molecule has 1 aromatic rings. The molecule has 1 aliphatic heterocycles. The van der Waals surface area contributed by atoms with Crippen molar-refractivity contribution in [2.24, 2.45) is 5.73 Å². The molecule has 1 aliphatic rings. The van der Waals surface area contributed by atoms with E-state index >= 15 is 0 Å². The molecule has 116 valence electrons. The Labute approximate surface area is 135 Å². The molecule has 5 heteroatoms. The van der Waals surface area contributed by atoms with Crippen LogP contribution < -0.4 is 16.0 Å². The molecule has 1 heterocycles. The number of amides is 1. The Morgan fingerprint density at radius 1 is 1.38 bits per heavy atom. The van der Waals surface area contributed by atoms with Gasteiger partial charge in [-0.3, -0.25) is 4.79 Å². The molecule has 1 amide bonds. The lowest BCUT2D eigenvalue weighted by Crippen LogP contribution is -2.32. The molecule has 21 heavy (non-hydrogen) atoms. The highest BCUT2D eigenvalue weighted by Gasteiger charge is 2.29. The van der Waals surface area contributed by atoms with E-state index in [0.717, 1.165) is 28.0 Å². The summed E-state index contributed by atoms with van der Waals surface area (Å²) in [4.78, 5) is 14.1. The monoisotopic (exact) mass is 353 g/mol. The molecular weight excluding hydrogens is 330 g/mol. The maximum atomic E-state index is 11.7. The summed E-state index contributed by atoms with van der Waals surface area (Å²) >= 11 is 3.64. The first-order valence-electron chi connectivity index (χ1n) is 7.62. The summed E-state index contributed by atoms with van der Waals surface area (Å²) in [5.74, 6) is -0.129. The summed E-state index contributed by atoms with van der Waals surface area (Å²) in [6, 6.07) is 3.86. The number of anilines is 2. The van der Waals surface area contributed by atoms with Crippen molar-refractivity contribution in [3.05, 3.63) is 22.2 Å². The van der Waals surface area contributed by atoms with E-state index in [-0.39, 0.29) is 5.91 Å². The fourth-order valence-corrected chi connectivity index (χ4v) is 3.29. The Morgan fingerprint density at radius 2 is 2.10 bits per heavy atom. The average molecular weight is 354 g/mol. The second-order valence-corrected chi connectivity index (χ2v) is 6.71. The Balaban J connectivity index is 2.30. The molecular formula is C16H24BrN3O. The number of carbonyl (C=O) groups excluding carboxylic acids is 1. The fourth-order valence-electron chi connectivity index (χ4n) is 2.70. The number of benzene rings is 1. The van der Waals surface area contributed by atoms with Crippen LogP contribution in [0.2, 0.25) is 0 Å². The predicted molar refractivity (Wildman–Crippen MR) is 91.7 cm³/mol. The van der Waals surface area contributed by atoms with Crippen molar-refractivity contribution in [1.82, 2.24) is 0 Å². The number of rotatable bonds is 6. The molecule has 0 bridgehead atoms. The van der Waals surface area contributed by atoms with Crippen LogP contribution in [0.5, 0.6) is 0 Å². The van der Waals surface area contributed by atoms with Crippen LogP contribution in [0.1, 0.15) is 51.6 Å². The highest BCUT2D eigenvalue weighted by Crippen LogP contribution is 2.38. The number of fused-ring (bicyclic) bond motifs is 1. The van der Waals surface area contributed by atoms with Gasteiger partial charge in [0.1, 0.15) is 6.04 Å². The smallest absolute Gasteiger partial charge is 0.245 e. The average Bonchev–Trinajstić information content (AvgIpc) is 2.70. The molecule has 1 unspecified atom stereocenters. The Morgan fingerprint density at radius 3 is 2.71 bits per heavy atom. The van der Waals surface area contributed by atoms with E-state index in [0.29, 0.717) is 6.04 Å². The van der Waals surface area contributed by atoms with Crippen LogP contribution in [0.15, 0.2) is 16.6 Å². The maximum absolute atomic E-state index is 11.7. The van der Waals surface area contributed by atoms with Crippen molar-refractivity contribution in [3.8, 4) is 0 Å². The van der Waals surface area contributed by atoms with E-state index < -0.39 is 6.04 Å². The van der Waals surface area contributed by atoms with Gasteiger partial charge in [0.25, 0.3) is 0 Å². The second kappa shape index (κ2) is 6.79. The summed E-state index contributed by atoms with van der Waals surface area (Å²) < 4.78 is 0.999. The topological polar surface area (TPSA) is 58.4 Å². The van der Waals surface area contributed by atoms with Crippen molar-refractivity contribution >= 4 is 33.2 Å². The fraction of sp³-hybridized carbons (Fsp3) is 0.562. The van der Waals surface area contributed by atoms with Gasteiger partial charge in [0.05, 0.1) is 5.69 Å². The van der Waals surface area contributed by atoms with Crippen LogP contribution in [0, 0.1) is 0 Å². The van der Waals surface area contributed by atoms with Gasteiger partial charge in [-0.25, -0.2) is 0 Å². The zero-order chi connectivity index (χ0) is 15.6. The lowest BCUT2D eigenvalue weighted by atomic mass is 10.1. The molecule has 0 aromatic heterocycles. The van der Waals surface area contributed by atoms with Crippen molar-refractivity contribution in [2.75, 3.05) is 16.8 Å². The highest BCUT2D eigenvalue weighted by atomic mass is 79.9. The summed E-state index contributed by atoms with van der Waals surface area (Å²) in [6.45, 7) is 7.61. The Hall–Kier alpha value is -1.07. The van der Waals surface area contributed by atoms with Crippen LogP contribution in [0.25, 0.3) is 0 Å². The second-order valence-electron chi connectivity index (χ2n) is 5.85. The quantitative estimate of drug-likeness (QED) is 0.764. The van der Waals surface area contributed by atoms with E-state index in [9.17, 15) is 4.79 Å². The van der Waals surface area contributed by atoms with Crippen LogP contribution in [0.3, 0.4) is 0 Å². The van der Waals surface area contributed by atoms with Gasteiger partial charge in [-0.1, -0.05) is 19.8 Å². The number of unbranched alkanes of at least 4 members (excludes halogenated alkanes) is 2. The minimum atomic E-state index is -0.557. The molecule has 3 N–H and O–H groups in total. The summed E-state index contributed by atoms with van der Waals surface area (Å²) in [6.07, 6.45) is 3.61. The highest BCUT2D eigenvalue weighted by molar-refractivity contribution is 9.10. The molecule has 4 nitrogen and oxygen atoms in total. The molecule has 0 saturated carbocycles. The molecule has 0 fully saturated rings. The third-order valence-electron chi connectivity index (χ3n) is 3.93. The van der Waals surface area contributed by atoms with Crippen molar-refractivity contribution in [1.29, 1.82) is 0 Å². The van der Waals surface area contributed by atoms with E-state index in [2.05, 4.69) is 46.9 Å². The van der Waals surface area contributed by atoms with Gasteiger partial charge in [0.15, 0.2) is 0 Å². The van der Waals surface area contributed by atoms with Crippen LogP contribution in [-0.2, 0) is 4.79 Å². The van der Waals surface area contributed by atoms with Crippen LogP contribution in [-0.4, -0.2) is 18.5 Å². The first-order chi connectivity index (χ1) is 9.95. The normalized spacial score (nSPS) is 17.0. The third kappa shape index (κ3) is 3.40. The molecule has 0 saturated heterocycles. The number of nitrogens with two attached hydrogens (primary N) is 1. The lowest BCUT2D eigenvalue weighted by Gasteiger charge is -2.30. The zero-order valence-corrected chi connectivity index (χ0v) is 14.5. The molecule has 1 atom stereocenters. The van der Waals surface area contributed by atoms with Crippen LogP contribution >= 0.6 is 15.9 Å². The minimum absolute atomic E-state index is 0.129. The van der Waals surface area contributed by atoms with Gasteiger partial charge >= 0.3 is 0 Å².